The summed E-state index contributed by atoms with van der Waals surface area (Å²) in [6.07, 6.45) is -0.195. The van der Waals surface area contributed by atoms with E-state index in [-0.39, 0.29) is 12.2 Å². The fourth-order valence-corrected chi connectivity index (χ4v) is 2.90. The molecule has 3 rings (SSSR count). The lowest BCUT2D eigenvalue weighted by Gasteiger charge is -2.03. The lowest BCUT2D eigenvalue weighted by Crippen LogP contribution is -2.08. The van der Waals surface area contributed by atoms with Gasteiger partial charge in [0.1, 0.15) is 0 Å². The number of halogens is 1. The van der Waals surface area contributed by atoms with E-state index in [9.17, 15) is 9.59 Å². The van der Waals surface area contributed by atoms with Crippen LogP contribution < -0.4 is 0 Å². The van der Waals surface area contributed by atoms with E-state index in [0.717, 1.165) is 15.4 Å². The minimum absolute atomic E-state index is 0.195. The molecule has 0 saturated carbocycles. The number of carboxylic acids is 1. The van der Waals surface area contributed by atoms with Gasteiger partial charge in [-0.25, -0.2) is 0 Å². The van der Waals surface area contributed by atoms with Crippen molar-refractivity contribution in [2.45, 2.75) is 6.42 Å². The molecule has 0 aliphatic carbocycles. The van der Waals surface area contributed by atoms with Gasteiger partial charge in [0.2, 0.25) is 5.78 Å². The van der Waals surface area contributed by atoms with Crippen LogP contribution in [0.25, 0.3) is 10.9 Å². The summed E-state index contributed by atoms with van der Waals surface area (Å²) >= 11 is 3.34. The molecule has 1 aromatic heterocycles. The topological polar surface area (TPSA) is 70.2 Å². The number of ketones is 1. The maximum absolute atomic E-state index is 12.7. The van der Waals surface area contributed by atoms with Crippen molar-refractivity contribution < 1.29 is 14.7 Å². The van der Waals surface area contributed by atoms with E-state index in [4.69, 9.17) is 5.11 Å². The number of rotatable bonds is 4. The van der Waals surface area contributed by atoms with Crippen molar-refractivity contribution in [1.82, 2.24) is 4.98 Å². The molecule has 0 aliphatic heterocycles. The number of carboxylic acid groups (broad SMARTS) is 1. The van der Waals surface area contributed by atoms with Crippen LogP contribution in [0.5, 0.6) is 0 Å². The van der Waals surface area contributed by atoms with Crippen molar-refractivity contribution in [3.8, 4) is 0 Å². The number of hydrogen-bond donors (Lipinski definition) is 2. The quantitative estimate of drug-likeness (QED) is 0.697. The first-order valence-electron chi connectivity index (χ1n) is 6.68. The highest BCUT2D eigenvalue weighted by Crippen LogP contribution is 2.25. The molecular weight excluding hydrogens is 346 g/mol. The Bertz CT molecular complexity index is 882. The fraction of sp³-hybridized carbons (Fsp3) is 0.0588. The predicted molar refractivity (Wildman–Crippen MR) is 87.2 cm³/mol. The standard InChI is InChI=1S/C17H12BrNO3/c18-11-5-3-4-10(8-11)17(22)16-13(9-15(20)21)12-6-1-2-7-14(12)19-16/h1-8,19H,9H2,(H,20,21). The van der Waals surface area contributed by atoms with Gasteiger partial charge in [-0.05, 0) is 18.2 Å². The number of aliphatic carboxylic acids is 1. The van der Waals surface area contributed by atoms with Crippen LogP contribution >= 0.6 is 15.9 Å². The third kappa shape index (κ3) is 2.67. The highest BCUT2D eigenvalue weighted by molar-refractivity contribution is 9.10. The monoisotopic (exact) mass is 357 g/mol. The summed E-state index contributed by atoms with van der Waals surface area (Å²) in [5.74, 6) is -1.18. The lowest BCUT2D eigenvalue weighted by molar-refractivity contribution is -0.136. The van der Waals surface area contributed by atoms with Crippen LogP contribution in [0.15, 0.2) is 53.0 Å². The molecule has 0 saturated heterocycles. The van der Waals surface area contributed by atoms with Crippen LogP contribution in [0.4, 0.5) is 0 Å². The number of hydrogen-bond acceptors (Lipinski definition) is 2. The summed E-state index contributed by atoms with van der Waals surface area (Å²) in [5.41, 5.74) is 2.12. The maximum atomic E-state index is 12.7. The molecule has 22 heavy (non-hydrogen) atoms. The molecule has 0 atom stereocenters. The van der Waals surface area contributed by atoms with Gasteiger partial charge in [-0.2, -0.15) is 0 Å². The van der Waals surface area contributed by atoms with Gasteiger partial charge in [-0.1, -0.05) is 46.3 Å². The third-order valence-electron chi connectivity index (χ3n) is 3.46. The molecule has 0 unspecified atom stereocenters. The Morgan fingerprint density at radius 2 is 1.86 bits per heavy atom. The zero-order chi connectivity index (χ0) is 15.7. The molecule has 0 spiro atoms. The zero-order valence-corrected chi connectivity index (χ0v) is 13.1. The first-order chi connectivity index (χ1) is 10.6. The van der Waals surface area contributed by atoms with Crippen molar-refractivity contribution in [2.75, 3.05) is 0 Å². The molecule has 0 aliphatic rings. The van der Waals surface area contributed by atoms with Crippen LogP contribution in [0.2, 0.25) is 0 Å². The Labute approximate surface area is 134 Å². The minimum atomic E-state index is -0.965. The summed E-state index contributed by atoms with van der Waals surface area (Å²) in [5, 5.41) is 9.90. The molecule has 0 radical (unpaired) electrons. The number of H-pyrrole nitrogens is 1. The summed E-state index contributed by atoms with van der Waals surface area (Å²) in [6.45, 7) is 0. The second kappa shape index (κ2) is 5.77. The number of para-hydroxylation sites is 1. The van der Waals surface area contributed by atoms with E-state index in [1.54, 1.807) is 18.2 Å². The first kappa shape index (κ1) is 14.5. The van der Waals surface area contributed by atoms with E-state index in [1.165, 1.54) is 0 Å². The van der Waals surface area contributed by atoms with Crippen LogP contribution in [0.1, 0.15) is 21.6 Å². The molecule has 5 heteroatoms. The number of benzene rings is 2. The highest BCUT2D eigenvalue weighted by Gasteiger charge is 2.20. The van der Waals surface area contributed by atoms with Crippen LogP contribution in [0, 0.1) is 0 Å². The number of nitrogens with one attached hydrogen (secondary N) is 1. The maximum Gasteiger partial charge on any atom is 0.307 e. The number of aromatic nitrogens is 1. The van der Waals surface area contributed by atoms with E-state index in [2.05, 4.69) is 20.9 Å². The molecule has 2 aromatic carbocycles. The van der Waals surface area contributed by atoms with Crippen LogP contribution in [-0.4, -0.2) is 21.8 Å². The summed E-state index contributed by atoms with van der Waals surface area (Å²) < 4.78 is 0.800. The third-order valence-corrected chi connectivity index (χ3v) is 3.95. The molecule has 2 N–H and O–H groups in total. The van der Waals surface area contributed by atoms with Gasteiger partial charge in [-0.15, -0.1) is 0 Å². The molecule has 4 nitrogen and oxygen atoms in total. The van der Waals surface area contributed by atoms with Crippen molar-refractivity contribution in [2.24, 2.45) is 0 Å². The Morgan fingerprint density at radius 3 is 2.59 bits per heavy atom. The van der Waals surface area contributed by atoms with Gasteiger partial charge in [0.25, 0.3) is 0 Å². The van der Waals surface area contributed by atoms with Crippen molar-refractivity contribution in [3.05, 3.63) is 69.8 Å². The van der Waals surface area contributed by atoms with Crippen molar-refractivity contribution in [1.29, 1.82) is 0 Å². The second-order valence-electron chi connectivity index (χ2n) is 4.93. The second-order valence-corrected chi connectivity index (χ2v) is 5.85. The summed E-state index contributed by atoms with van der Waals surface area (Å²) in [7, 11) is 0. The fourth-order valence-electron chi connectivity index (χ4n) is 2.50. The molecular formula is C17H12BrNO3. The Morgan fingerprint density at radius 1 is 1.09 bits per heavy atom. The van der Waals surface area contributed by atoms with Gasteiger partial charge in [-0.3, -0.25) is 9.59 Å². The number of carbonyl (C=O) groups excluding carboxylic acids is 1. The van der Waals surface area contributed by atoms with Gasteiger partial charge in [0.15, 0.2) is 0 Å². The number of aromatic amines is 1. The molecule has 3 aromatic rings. The van der Waals surface area contributed by atoms with Gasteiger partial charge < -0.3 is 10.1 Å². The number of fused-ring (bicyclic) bond motifs is 1. The normalized spacial score (nSPS) is 10.8. The summed E-state index contributed by atoms with van der Waals surface area (Å²) in [4.78, 5) is 26.9. The Hall–Kier alpha value is -2.40. The molecule has 0 bridgehead atoms. The average molecular weight is 358 g/mol. The molecule has 1 heterocycles. The smallest absolute Gasteiger partial charge is 0.307 e. The van der Waals surface area contributed by atoms with Gasteiger partial charge >= 0.3 is 5.97 Å². The van der Waals surface area contributed by atoms with Crippen molar-refractivity contribution in [3.63, 3.8) is 0 Å². The first-order valence-corrected chi connectivity index (χ1v) is 7.47. The van der Waals surface area contributed by atoms with E-state index in [1.807, 2.05) is 30.3 Å². The highest BCUT2D eigenvalue weighted by atomic mass is 79.9. The summed E-state index contributed by atoms with van der Waals surface area (Å²) in [6, 6.07) is 14.4. The zero-order valence-electron chi connectivity index (χ0n) is 11.5. The number of carbonyl (C=O) groups is 2. The molecule has 0 amide bonds. The average Bonchev–Trinajstić information content (AvgIpc) is 2.85. The molecule has 110 valence electrons. The molecule has 0 fully saturated rings. The largest absolute Gasteiger partial charge is 0.481 e. The Kier molecular flexibility index (Phi) is 3.81. The van der Waals surface area contributed by atoms with E-state index >= 15 is 0 Å². The van der Waals surface area contributed by atoms with Crippen LogP contribution in [0.3, 0.4) is 0 Å². The van der Waals surface area contributed by atoms with Gasteiger partial charge in [0.05, 0.1) is 12.1 Å². The Balaban J connectivity index is 2.17. The van der Waals surface area contributed by atoms with E-state index < -0.39 is 5.97 Å². The van der Waals surface area contributed by atoms with Crippen LogP contribution in [-0.2, 0) is 11.2 Å². The van der Waals surface area contributed by atoms with E-state index in [0.29, 0.717) is 16.8 Å². The van der Waals surface area contributed by atoms with Crippen molar-refractivity contribution >= 4 is 38.6 Å². The van der Waals surface area contributed by atoms with Gasteiger partial charge in [0, 0.05) is 26.5 Å². The minimum Gasteiger partial charge on any atom is -0.481 e. The lowest BCUT2D eigenvalue weighted by atomic mass is 10.0. The predicted octanol–water partition coefficient (Wildman–Crippen LogP) is 3.79. The SMILES string of the molecule is O=C(O)Cc1c(C(=O)c2cccc(Br)c2)[nH]c2ccccc12.